The monoisotopic (exact) mass is 278 g/mol. The van der Waals surface area contributed by atoms with E-state index in [2.05, 4.69) is 9.71 Å². The second-order valence-corrected chi connectivity index (χ2v) is 5.94. The van der Waals surface area contributed by atoms with Crippen LogP contribution in [0.25, 0.3) is 0 Å². The first-order chi connectivity index (χ1) is 7.86. The quantitative estimate of drug-likeness (QED) is 0.856. The molecule has 5 nitrogen and oxygen atoms in total. The fourth-order valence-corrected chi connectivity index (χ4v) is 2.93. The summed E-state index contributed by atoms with van der Waals surface area (Å²) in [5, 5.41) is -0.143. The molecule has 1 unspecified atom stereocenters. The molecule has 0 aliphatic carbocycles. The summed E-state index contributed by atoms with van der Waals surface area (Å²) in [6, 6.07) is 0.984. The molecular weight excluding hydrogens is 264 g/mol. The van der Waals surface area contributed by atoms with E-state index in [-0.39, 0.29) is 16.0 Å². The molecule has 0 aromatic carbocycles. The average molecular weight is 279 g/mol. The molecule has 96 valence electrons. The number of aromatic nitrogens is 1. The minimum atomic E-state index is -3.63. The minimum Gasteiger partial charge on any atom is -0.326 e. The molecule has 1 atom stereocenters. The van der Waals surface area contributed by atoms with E-state index >= 15 is 0 Å². The third-order valence-electron chi connectivity index (χ3n) is 2.22. The normalized spacial score (nSPS) is 13.6. The van der Waals surface area contributed by atoms with Gasteiger partial charge >= 0.3 is 0 Å². The van der Waals surface area contributed by atoms with E-state index in [0.717, 1.165) is 25.1 Å². The summed E-state index contributed by atoms with van der Waals surface area (Å²) in [6.45, 7) is 3.76. The van der Waals surface area contributed by atoms with Gasteiger partial charge in [-0.2, -0.15) is 0 Å². The Labute approximate surface area is 105 Å². The van der Waals surface area contributed by atoms with Crippen LogP contribution in [0.2, 0.25) is 5.02 Å². The Bertz CT molecular complexity index is 539. The van der Waals surface area contributed by atoms with Gasteiger partial charge in [0.05, 0.1) is 4.90 Å². The van der Waals surface area contributed by atoms with Gasteiger partial charge in [0.15, 0.2) is 0 Å². The number of hydrogen-bond donors (Lipinski definition) is 2. The lowest BCUT2D eigenvalue weighted by Gasteiger charge is -2.13. The number of aromatic amines is 1. The highest BCUT2D eigenvalue weighted by atomic mass is 35.5. The largest absolute Gasteiger partial charge is 0.326 e. The Kier molecular flexibility index (Phi) is 4.73. The zero-order valence-corrected chi connectivity index (χ0v) is 11.2. The van der Waals surface area contributed by atoms with Gasteiger partial charge < -0.3 is 4.98 Å². The lowest BCUT2D eigenvalue weighted by Crippen LogP contribution is -2.32. The third kappa shape index (κ3) is 3.83. The smallest absolute Gasteiger partial charge is 0.266 e. The van der Waals surface area contributed by atoms with Gasteiger partial charge in [0.25, 0.3) is 5.56 Å². The van der Waals surface area contributed by atoms with Crippen molar-refractivity contribution < 1.29 is 8.42 Å². The summed E-state index contributed by atoms with van der Waals surface area (Å²) in [4.78, 5) is 13.3. The van der Waals surface area contributed by atoms with Gasteiger partial charge in [0, 0.05) is 12.2 Å². The van der Waals surface area contributed by atoms with Crippen LogP contribution in [0.5, 0.6) is 0 Å². The van der Waals surface area contributed by atoms with E-state index in [0.29, 0.717) is 0 Å². The number of pyridine rings is 1. The predicted octanol–water partition coefficient (Wildman–Crippen LogP) is 1.50. The van der Waals surface area contributed by atoms with Crippen molar-refractivity contribution in [2.75, 3.05) is 0 Å². The molecular formula is C10H15ClN2O3S. The summed E-state index contributed by atoms with van der Waals surface area (Å²) < 4.78 is 26.3. The molecule has 1 heterocycles. The zero-order valence-electron chi connectivity index (χ0n) is 9.66. The van der Waals surface area contributed by atoms with E-state index in [4.69, 9.17) is 11.6 Å². The van der Waals surface area contributed by atoms with Crippen LogP contribution in [-0.2, 0) is 10.0 Å². The fourth-order valence-electron chi connectivity index (χ4n) is 1.42. The number of nitrogens with one attached hydrogen (secondary N) is 2. The molecule has 0 spiro atoms. The molecule has 0 saturated heterocycles. The van der Waals surface area contributed by atoms with E-state index in [1.807, 2.05) is 6.92 Å². The Morgan fingerprint density at radius 3 is 2.71 bits per heavy atom. The van der Waals surface area contributed by atoms with Gasteiger partial charge in [-0.05, 0) is 19.4 Å². The standard InChI is InChI=1S/C10H15ClN2O3S/c1-3-4-7(2)13-17(15,16)8-5-9(11)10(14)12-6-8/h5-7,13H,3-4H2,1-2H3,(H,12,14). The van der Waals surface area contributed by atoms with Gasteiger partial charge in [-0.15, -0.1) is 0 Å². The lowest BCUT2D eigenvalue weighted by molar-refractivity contribution is 0.543. The summed E-state index contributed by atoms with van der Waals surface area (Å²) in [5.41, 5.74) is -0.507. The van der Waals surface area contributed by atoms with Crippen LogP contribution >= 0.6 is 11.6 Å². The van der Waals surface area contributed by atoms with Crippen LogP contribution in [0.1, 0.15) is 26.7 Å². The van der Waals surface area contributed by atoms with Crippen molar-refractivity contribution >= 4 is 21.6 Å². The van der Waals surface area contributed by atoms with Gasteiger partial charge in [-0.1, -0.05) is 24.9 Å². The second-order valence-electron chi connectivity index (χ2n) is 3.82. The Morgan fingerprint density at radius 2 is 2.18 bits per heavy atom. The maximum absolute atomic E-state index is 11.9. The first-order valence-corrected chi connectivity index (χ1v) is 7.13. The maximum atomic E-state index is 11.9. The highest BCUT2D eigenvalue weighted by Gasteiger charge is 2.18. The Morgan fingerprint density at radius 1 is 1.53 bits per heavy atom. The molecule has 17 heavy (non-hydrogen) atoms. The van der Waals surface area contributed by atoms with Gasteiger partial charge in [-0.25, -0.2) is 13.1 Å². The van der Waals surface area contributed by atoms with Crippen LogP contribution in [0.15, 0.2) is 22.0 Å². The van der Waals surface area contributed by atoms with Gasteiger partial charge in [-0.3, -0.25) is 4.79 Å². The van der Waals surface area contributed by atoms with Crippen LogP contribution in [-0.4, -0.2) is 19.4 Å². The first-order valence-electron chi connectivity index (χ1n) is 5.27. The van der Waals surface area contributed by atoms with Crippen molar-refractivity contribution in [1.29, 1.82) is 0 Å². The summed E-state index contributed by atoms with van der Waals surface area (Å²) >= 11 is 5.58. The molecule has 0 saturated carbocycles. The SMILES string of the molecule is CCCC(C)NS(=O)(=O)c1c[nH]c(=O)c(Cl)c1. The molecule has 1 aromatic heterocycles. The van der Waals surface area contributed by atoms with E-state index < -0.39 is 15.6 Å². The molecule has 1 aromatic rings. The average Bonchev–Trinajstić information content (AvgIpc) is 2.21. The molecule has 7 heteroatoms. The molecule has 2 N–H and O–H groups in total. The number of sulfonamides is 1. The third-order valence-corrected chi connectivity index (χ3v) is 4.07. The highest BCUT2D eigenvalue weighted by molar-refractivity contribution is 7.89. The van der Waals surface area contributed by atoms with Crippen LogP contribution in [0.4, 0.5) is 0 Å². The Hall–Kier alpha value is -0.850. The number of H-pyrrole nitrogens is 1. The maximum Gasteiger partial charge on any atom is 0.266 e. The zero-order chi connectivity index (χ0) is 13.1. The van der Waals surface area contributed by atoms with Crippen molar-refractivity contribution in [3.63, 3.8) is 0 Å². The number of hydrogen-bond acceptors (Lipinski definition) is 3. The molecule has 0 aliphatic heterocycles. The van der Waals surface area contributed by atoms with Crippen molar-refractivity contribution in [3.05, 3.63) is 27.6 Å². The second kappa shape index (κ2) is 5.66. The van der Waals surface area contributed by atoms with E-state index in [1.165, 1.54) is 0 Å². The molecule has 0 radical (unpaired) electrons. The van der Waals surface area contributed by atoms with Gasteiger partial charge in [0.2, 0.25) is 10.0 Å². The summed E-state index contributed by atoms with van der Waals surface area (Å²) in [7, 11) is -3.63. The van der Waals surface area contributed by atoms with Crippen molar-refractivity contribution in [1.82, 2.24) is 9.71 Å². The molecule has 0 bridgehead atoms. The highest BCUT2D eigenvalue weighted by Crippen LogP contribution is 2.11. The molecule has 0 fully saturated rings. The minimum absolute atomic E-state index is 0.0370. The summed E-state index contributed by atoms with van der Waals surface area (Å²) in [5.74, 6) is 0. The number of rotatable bonds is 5. The predicted molar refractivity (Wildman–Crippen MR) is 66.8 cm³/mol. The van der Waals surface area contributed by atoms with E-state index in [9.17, 15) is 13.2 Å². The first kappa shape index (κ1) is 14.2. The van der Waals surface area contributed by atoms with Crippen molar-refractivity contribution in [2.24, 2.45) is 0 Å². The topological polar surface area (TPSA) is 79.0 Å². The van der Waals surface area contributed by atoms with E-state index in [1.54, 1.807) is 6.92 Å². The van der Waals surface area contributed by atoms with Gasteiger partial charge in [0.1, 0.15) is 5.02 Å². The fraction of sp³-hybridized carbons (Fsp3) is 0.500. The van der Waals surface area contributed by atoms with Crippen molar-refractivity contribution in [2.45, 2.75) is 37.6 Å². The number of halogens is 1. The van der Waals surface area contributed by atoms with Crippen LogP contribution < -0.4 is 10.3 Å². The summed E-state index contributed by atoms with van der Waals surface area (Å²) in [6.07, 6.45) is 2.77. The molecule has 0 amide bonds. The lowest BCUT2D eigenvalue weighted by atomic mass is 10.2. The molecule has 1 rings (SSSR count). The van der Waals surface area contributed by atoms with Crippen molar-refractivity contribution in [3.8, 4) is 0 Å². The van der Waals surface area contributed by atoms with Crippen LogP contribution in [0.3, 0.4) is 0 Å². The Balaban J connectivity index is 2.97. The molecule has 0 aliphatic rings. The van der Waals surface area contributed by atoms with Crippen LogP contribution in [0, 0.1) is 0 Å².